The first-order valence-corrected chi connectivity index (χ1v) is 11.4. The minimum Gasteiger partial charge on any atom is -0.486 e. The first-order chi connectivity index (χ1) is 14.5. The Morgan fingerprint density at radius 2 is 1.70 bits per heavy atom. The van der Waals surface area contributed by atoms with Gasteiger partial charge in [0.1, 0.15) is 19.0 Å². The summed E-state index contributed by atoms with van der Waals surface area (Å²) in [5.41, 5.74) is 0.907. The monoisotopic (exact) mass is 429 g/mol. The molecule has 2 N–H and O–H groups in total. The smallest absolute Gasteiger partial charge is 0.262 e. The lowest BCUT2D eigenvalue weighted by Crippen LogP contribution is -2.30. The van der Waals surface area contributed by atoms with Crippen molar-refractivity contribution < 1.29 is 22.7 Å². The van der Waals surface area contributed by atoms with Crippen LogP contribution in [0.2, 0.25) is 0 Å². The number of aliphatic imine (C=N–C) groups is 1. The summed E-state index contributed by atoms with van der Waals surface area (Å²) in [6.07, 6.45) is 3.57. The number of hydrogen-bond acceptors (Lipinski definition) is 6. The molecule has 8 nitrogen and oxygen atoms in total. The van der Waals surface area contributed by atoms with E-state index in [0.717, 1.165) is 19.3 Å². The largest absolute Gasteiger partial charge is 0.486 e. The number of amidine groups is 1. The zero-order valence-electron chi connectivity index (χ0n) is 16.4. The van der Waals surface area contributed by atoms with Crippen molar-refractivity contribution in [2.24, 2.45) is 4.99 Å². The highest BCUT2D eigenvalue weighted by Gasteiger charge is 2.18. The van der Waals surface area contributed by atoms with Gasteiger partial charge in [-0.05, 0) is 55.3 Å². The highest BCUT2D eigenvalue weighted by Crippen LogP contribution is 2.31. The zero-order valence-corrected chi connectivity index (χ0v) is 17.2. The number of carbonyl (C=O) groups is 1. The molecule has 2 heterocycles. The standard InChI is InChI=1S/C21H23N3O5S/c25-21(15-5-10-18-19(14-15)29-13-12-28-18)23-16-6-8-17(9-7-16)30(26,27)24-20-4-2-1-3-11-22-20/h5-10,14H,1-4,11-13H2,(H,22,24)(H,23,25). The van der Waals surface area contributed by atoms with E-state index in [-0.39, 0.29) is 10.8 Å². The van der Waals surface area contributed by atoms with Crippen LogP contribution in [0.5, 0.6) is 11.5 Å². The van der Waals surface area contributed by atoms with Crippen LogP contribution >= 0.6 is 0 Å². The molecule has 0 aliphatic carbocycles. The molecule has 0 bridgehead atoms. The number of nitrogens with zero attached hydrogens (tertiary/aromatic N) is 1. The highest BCUT2D eigenvalue weighted by molar-refractivity contribution is 7.90. The second-order valence-electron chi connectivity index (χ2n) is 7.08. The van der Waals surface area contributed by atoms with Crippen molar-refractivity contribution in [3.05, 3.63) is 48.0 Å². The molecule has 30 heavy (non-hydrogen) atoms. The molecule has 2 aromatic carbocycles. The molecule has 0 aromatic heterocycles. The number of carbonyl (C=O) groups excluding carboxylic acids is 1. The van der Waals surface area contributed by atoms with Crippen molar-refractivity contribution in [2.45, 2.75) is 30.6 Å². The summed E-state index contributed by atoms with van der Waals surface area (Å²) in [7, 11) is -3.71. The molecule has 0 unspecified atom stereocenters. The van der Waals surface area contributed by atoms with Crippen molar-refractivity contribution in [3.8, 4) is 11.5 Å². The van der Waals surface area contributed by atoms with Gasteiger partial charge in [0.25, 0.3) is 15.9 Å². The Kier molecular flexibility index (Phi) is 5.89. The Hall–Kier alpha value is -3.07. The fourth-order valence-electron chi connectivity index (χ4n) is 3.28. The number of ether oxygens (including phenoxy) is 2. The van der Waals surface area contributed by atoms with E-state index in [0.29, 0.717) is 54.8 Å². The number of fused-ring (bicyclic) bond motifs is 1. The van der Waals surface area contributed by atoms with E-state index in [1.54, 1.807) is 30.3 Å². The Morgan fingerprint density at radius 3 is 2.50 bits per heavy atom. The molecular formula is C21H23N3O5S. The van der Waals surface area contributed by atoms with Gasteiger partial charge in [0.2, 0.25) is 0 Å². The van der Waals surface area contributed by atoms with Crippen LogP contribution in [0.25, 0.3) is 0 Å². The molecule has 2 aliphatic rings. The van der Waals surface area contributed by atoms with E-state index in [2.05, 4.69) is 15.0 Å². The van der Waals surface area contributed by atoms with Gasteiger partial charge in [-0.1, -0.05) is 6.42 Å². The van der Waals surface area contributed by atoms with Gasteiger partial charge in [-0.15, -0.1) is 0 Å². The fraction of sp³-hybridized carbons (Fsp3) is 0.333. The van der Waals surface area contributed by atoms with Gasteiger partial charge in [-0.25, -0.2) is 8.42 Å². The van der Waals surface area contributed by atoms with E-state index in [4.69, 9.17) is 9.47 Å². The molecule has 2 aliphatic heterocycles. The molecule has 0 fully saturated rings. The van der Waals surface area contributed by atoms with Crippen molar-refractivity contribution in [2.75, 3.05) is 25.1 Å². The summed E-state index contributed by atoms with van der Waals surface area (Å²) in [4.78, 5) is 16.9. The average molecular weight is 429 g/mol. The number of nitrogens with one attached hydrogen (secondary N) is 2. The average Bonchev–Trinajstić information content (AvgIpc) is 3.02. The lowest BCUT2D eigenvalue weighted by molar-refractivity contribution is 0.102. The molecule has 0 saturated heterocycles. The van der Waals surface area contributed by atoms with Crippen LogP contribution in [0.1, 0.15) is 36.0 Å². The number of amides is 1. The van der Waals surface area contributed by atoms with Gasteiger partial charge in [0.05, 0.1) is 4.90 Å². The first-order valence-electron chi connectivity index (χ1n) is 9.88. The number of hydrogen-bond donors (Lipinski definition) is 2. The molecule has 0 spiro atoms. The predicted octanol–water partition coefficient (Wildman–Crippen LogP) is 2.96. The lowest BCUT2D eigenvalue weighted by Gasteiger charge is -2.18. The summed E-state index contributed by atoms with van der Waals surface area (Å²) >= 11 is 0. The van der Waals surface area contributed by atoms with Crippen LogP contribution in [-0.2, 0) is 10.0 Å². The zero-order chi connectivity index (χ0) is 21.0. The SMILES string of the molecule is O=C(Nc1ccc(S(=O)(=O)NC2=NCCCCC2)cc1)c1ccc2c(c1)OCCO2. The quantitative estimate of drug-likeness (QED) is 0.777. The lowest BCUT2D eigenvalue weighted by atomic mass is 10.1. The fourth-order valence-corrected chi connectivity index (χ4v) is 4.37. The van der Waals surface area contributed by atoms with E-state index in [1.165, 1.54) is 12.1 Å². The minimum absolute atomic E-state index is 0.117. The van der Waals surface area contributed by atoms with E-state index >= 15 is 0 Å². The minimum atomic E-state index is -3.71. The maximum absolute atomic E-state index is 12.6. The molecule has 9 heteroatoms. The molecule has 1 amide bonds. The molecule has 0 atom stereocenters. The Bertz CT molecular complexity index is 1060. The van der Waals surface area contributed by atoms with Crippen molar-refractivity contribution in [1.29, 1.82) is 0 Å². The third-order valence-corrected chi connectivity index (χ3v) is 6.25. The van der Waals surface area contributed by atoms with Crippen LogP contribution < -0.4 is 19.5 Å². The molecule has 0 radical (unpaired) electrons. The highest BCUT2D eigenvalue weighted by atomic mass is 32.2. The van der Waals surface area contributed by atoms with Crippen molar-refractivity contribution in [1.82, 2.24) is 4.72 Å². The third-order valence-electron chi connectivity index (χ3n) is 4.85. The van der Waals surface area contributed by atoms with Crippen LogP contribution in [-0.4, -0.2) is 39.9 Å². The summed E-state index contributed by atoms with van der Waals surface area (Å²) < 4.78 is 38.7. The summed E-state index contributed by atoms with van der Waals surface area (Å²) in [5.74, 6) is 1.32. The third kappa shape index (κ3) is 4.73. The van der Waals surface area contributed by atoms with Gasteiger partial charge in [0.15, 0.2) is 11.5 Å². The van der Waals surface area contributed by atoms with Gasteiger partial charge >= 0.3 is 0 Å². The molecule has 158 valence electrons. The molecular weight excluding hydrogens is 406 g/mol. The number of sulfonamides is 1. The van der Waals surface area contributed by atoms with Gasteiger partial charge in [-0.3, -0.25) is 14.5 Å². The van der Waals surface area contributed by atoms with Gasteiger partial charge in [-0.2, -0.15) is 0 Å². The summed E-state index contributed by atoms with van der Waals surface area (Å²) in [6, 6.07) is 11.0. The van der Waals surface area contributed by atoms with Gasteiger partial charge in [0, 0.05) is 24.2 Å². The van der Waals surface area contributed by atoms with Crippen LogP contribution in [0, 0.1) is 0 Å². The number of anilines is 1. The summed E-state index contributed by atoms with van der Waals surface area (Å²) in [5, 5.41) is 2.76. The Morgan fingerprint density at radius 1 is 0.933 bits per heavy atom. The van der Waals surface area contributed by atoms with Crippen LogP contribution in [0.3, 0.4) is 0 Å². The molecule has 4 rings (SSSR count). The van der Waals surface area contributed by atoms with Crippen LogP contribution in [0.15, 0.2) is 52.4 Å². The first kappa shape index (κ1) is 20.2. The normalized spacial score (nSPS) is 16.2. The van der Waals surface area contributed by atoms with E-state index < -0.39 is 10.0 Å². The summed E-state index contributed by atoms with van der Waals surface area (Å²) in [6.45, 7) is 1.56. The van der Waals surface area contributed by atoms with E-state index in [9.17, 15) is 13.2 Å². The molecule has 2 aromatic rings. The van der Waals surface area contributed by atoms with Crippen molar-refractivity contribution >= 4 is 27.5 Å². The number of rotatable bonds is 4. The second kappa shape index (κ2) is 8.74. The maximum Gasteiger partial charge on any atom is 0.262 e. The second-order valence-corrected chi connectivity index (χ2v) is 8.76. The van der Waals surface area contributed by atoms with E-state index in [1.807, 2.05) is 0 Å². The number of benzene rings is 2. The predicted molar refractivity (Wildman–Crippen MR) is 113 cm³/mol. The maximum atomic E-state index is 12.6. The van der Waals surface area contributed by atoms with Gasteiger partial charge < -0.3 is 14.8 Å². The van der Waals surface area contributed by atoms with Crippen LogP contribution in [0.4, 0.5) is 5.69 Å². The topological polar surface area (TPSA) is 106 Å². The van der Waals surface area contributed by atoms with Crippen molar-refractivity contribution in [3.63, 3.8) is 0 Å². The molecule has 0 saturated carbocycles. The Balaban J connectivity index is 1.43. The Labute approximate surface area is 175 Å².